The van der Waals surface area contributed by atoms with Gasteiger partial charge in [-0.3, -0.25) is 0 Å². The SMILES string of the molecule is CC1(C)CN(c2cc(Cl)ccc2CO)CCO1. The van der Waals surface area contributed by atoms with Crippen molar-refractivity contribution in [3.63, 3.8) is 0 Å². The molecule has 4 heteroatoms. The molecule has 1 aromatic rings. The van der Waals surface area contributed by atoms with Crippen molar-refractivity contribution in [1.29, 1.82) is 0 Å². The maximum Gasteiger partial charge on any atom is 0.0801 e. The molecule has 0 amide bonds. The predicted molar refractivity (Wildman–Crippen MR) is 69.6 cm³/mol. The maximum absolute atomic E-state index is 9.37. The van der Waals surface area contributed by atoms with Crippen LogP contribution in [0.3, 0.4) is 0 Å². The van der Waals surface area contributed by atoms with E-state index in [1.54, 1.807) is 0 Å². The Balaban J connectivity index is 2.29. The number of rotatable bonds is 2. The van der Waals surface area contributed by atoms with Crippen molar-refractivity contribution in [1.82, 2.24) is 0 Å². The maximum atomic E-state index is 9.37. The van der Waals surface area contributed by atoms with Crippen LogP contribution in [-0.4, -0.2) is 30.4 Å². The molecule has 3 nitrogen and oxygen atoms in total. The highest BCUT2D eigenvalue weighted by Crippen LogP contribution is 2.28. The first-order valence-electron chi connectivity index (χ1n) is 5.80. The van der Waals surface area contributed by atoms with Crippen LogP contribution in [0.25, 0.3) is 0 Å². The highest BCUT2D eigenvalue weighted by atomic mass is 35.5. The Kier molecular flexibility index (Phi) is 3.61. The first-order valence-corrected chi connectivity index (χ1v) is 6.18. The van der Waals surface area contributed by atoms with E-state index in [0.29, 0.717) is 11.6 Å². The van der Waals surface area contributed by atoms with Crippen molar-refractivity contribution in [3.05, 3.63) is 28.8 Å². The molecule has 17 heavy (non-hydrogen) atoms. The molecule has 0 unspecified atom stereocenters. The molecular formula is C13H18ClNO2. The zero-order valence-electron chi connectivity index (χ0n) is 10.2. The number of nitrogens with zero attached hydrogens (tertiary/aromatic N) is 1. The lowest BCUT2D eigenvalue weighted by Crippen LogP contribution is -2.48. The number of hydrogen-bond donors (Lipinski definition) is 1. The molecule has 0 atom stereocenters. The number of anilines is 1. The third-order valence-corrected chi connectivity index (χ3v) is 3.22. The summed E-state index contributed by atoms with van der Waals surface area (Å²) in [7, 11) is 0. The van der Waals surface area contributed by atoms with Gasteiger partial charge in [-0.1, -0.05) is 17.7 Å². The number of morpholine rings is 1. The molecule has 1 fully saturated rings. The molecule has 1 aromatic carbocycles. The summed E-state index contributed by atoms with van der Waals surface area (Å²) in [5.74, 6) is 0. The molecule has 0 aromatic heterocycles. The quantitative estimate of drug-likeness (QED) is 0.881. The fourth-order valence-electron chi connectivity index (χ4n) is 2.19. The summed E-state index contributed by atoms with van der Waals surface area (Å²) in [5, 5.41) is 10.1. The van der Waals surface area contributed by atoms with E-state index in [9.17, 15) is 5.11 Å². The van der Waals surface area contributed by atoms with Crippen molar-refractivity contribution in [2.45, 2.75) is 26.1 Å². The minimum absolute atomic E-state index is 0.0320. The van der Waals surface area contributed by atoms with Gasteiger partial charge in [0.25, 0.3) is 0 Å². The van der Waals surface area contributed by atoms with Gasteiger partial charge in [0.2, 0.25) is 0 Å². The highest BCUT2D eigenvalue weighted by Gasteiger charge is 2.28. The van der Waals surface area contributed by atoms with Gasteiger partial charge < -0.3 is 14.7 Å². The fourth-order valence-corrected chi connectivity index (χ4v) is 2.35. The number of aliphatic hydroxyl groups excluding tert-OH is 1. The molecule has 1 N–H and O–H groups in total. The molecule has 1 heterocycles. The Morgan fingerprint density at radius 3 is 2.88 bits per heavy atom. The van der Waals surface area contributed by atoms with Crippen LogP contribution in [0, 0.1) is 0 Å². The number of ether oxygens (including phenoxy) is 1. The van der Waals surface area contributed by atoms with Gasteiger partial charge in [-0.15, -0.1) is 0 Å². The number of halogens is 1. The number of aliphatic hydroxyl groups is 1. The van der Waals surface area contributed by atoms with E-state index in [-0.39, 0.29) is 12.2 Å². The lowest BCUT2D eigenvalue weighted by molar-refractivity contribution is -0.0277. The van der Waals surface area contributed by atoms with Gasteiger partial charge in [0.1, 0.15) is 0 Å². The van der Waals surface area contributed by atoms with Crippen LogP contribution in [0.1, 0.15) is 19.4 Å². The number of hydrogen-bond acceptors (Lipinski definition) is 3. The molecule has 0 spiro atoms. The summed E-state index contributed by atoms with van der Waals surface area (Å²) >= 11 is 6.02. The van der Waals surface area contributed by atoms with Crippen LogP contribution < -0.4 is 4.90 Å². The molecule has 2 rings (SSSR count). The Bertz CT molecular complexity index is 406. The van der Waals surface area contributed by atoms with E-state index in [1.807, 2.05) is 18.2 Å². The average molecular weight is 256 g/mol. The lowest BCUT2D eigenvalue weighted by atomic mass is 10.1. The van der Waals surface area contributed by atoms with Gasteiger partial charge in [0.05, 0.1) is 18.8 Å². The normalized spacial score (nSPS) is 19.4. The standard InChI is InChI=1S/C13H18ClNO2/c1-13(2)9-15(5-6-17-13)12-7-11(14)4-3-10(12)8-16/h3-4,7,16H,5-6,8-9H2,1-2H3. The Labute approximate surface area is 107 Å². The highest BCUT2D eigenvalue weighted by molar-refractivity contribution is 6.30. The third kappa shape index (κ3) is 2.92. The van der Waals surface area contributed by atoms with Crippen LogP contribution >= 0.6 is 11.6 Å². The van der Waals surface area contributed by atoms with Crippen LogP contribution in [0.5, 0.6) is 0 Å². The lowest BCUT2D eigenvalue weighted by Gasteiger charge is -2.40. The Hall–Kier alpha value is -0.770. The van der Waals surface area contributed by atoms with E-state index < -0.39 is 0 Å². The van der Waals surface area contributed by atoms with E-state index in [4.69, 9.17) is 16.3 Å². The predicted octanol–water partition coefficient (Wildman–Crippen LogP) is 2.45. The van der Waals surface area contributed by atoms with Crippen molar-refractivity contribution < 1.29 is 9.84 Å². The van der Waals surface area contributed by atoms with Crippen molar-refractivity contribution in [2.24, 2.45) is 0 Å². The van der Waals surface area contributed by atoms with Crippen molar-refractivity contribution >= 4 is 17.3 Å². The number of benzene rings is 1. The molecule has 1 aliphatic heterocycles. The smallest absolute Gasteiger partial charge is 0.0801 e. The molecule has 1 aliphatic rings. The third-order valence-electron chi connectivity index (χ3n) is 2.98. The zero-order chi connectivity index (χ0) is 12.5. The van der Waals surface area contributed by atoms with Gasteiger partial charge >= 0.3 is 0 Å². The second-order valence-corrected chi connectivity index (χ2v) is 5.40. The van der Waals surface area contributed by atoms with Crippen LogP contribution in [0.15, 0.2) is 18.2 Å². The molecular weight excluding hydrogens is 238 g/mol. The molecule has 1 saturated heterocycles. The zero-order valence-corrected chi connectivity index (χ0v) is 11.0. The first kappa shape index (κ1) is 12.7. The van der Waals surface area contributed by atoms with E-state index >= 15 is 0 Å². The molecule has 0 aliphatic carbocycles. The average Bonchev–Trinajstić information content (AvgIpc) is 2.27. The summed E-state index contributed by atoms with van der Waals surface area (Å²) in [6, 6.07) is 5.59. The van der Waals surface area contributed by atoms with Crippen LogP contribution in [0.4, 0.5) is 5.69 Å². The van der Waals surface area contributed by atoms with Gasteiger partial charge in [-0.25, -0.2) is 0 Å². The minimum atomic E-state index is -0.159. The molecule has 0 saturated carbocycles. The summed E-state index contributed by atoms with van der Waals surface area (Å²) in [4.78, 5) is 2.22. The van der Waals surface area contributed by atoms with Crippen molar-refractivity contribution in [2.75, 3.05) is 24.6 Å². The van der Waals surface area contributed by atoms with Gasteiger partial charge in [-0.2, -0.15) is 0 Å². The van der Waals surface area contributed by atoms with Gasteiger partial charge in [0.15, 0.2) is 0 Å². The molecule has 94 valence electrons. The van der Waals surface area contributed by atoms with E-state index in [1.165, 1.54) is 0 Å². The summed E-state index contributed by atoms with van der Waals surface area (Å²) in [5.41, 5.74) is 1.76. The van der Waals surface area contributed by atoms with Crippen molar-refractivity contribution in [3.8, 4) is 0 Å². The molecule has 0 radical (unpaired) electrons. The van der Waals surface area contributed by atoms with Crippen LogP contribution in [-0.2, 0) is 11.3 Å². The first-order chi connectivity index (χ1) is 8.02. The summed E-state index contributed by atoms with van der Waals surface area (Å²) in [6.07, 6.45) is 0. The van der Waals surface area contributed by atoms with E-state index in [2.05, 4.69) is 18.7 Å². The van der Waals surface area contributed by atoms with Gasteiger partial charge in [-0.05, 0) is 26.0 Å². The topological polar surface area (TPSA) is 32.7 Å². The summed E-state index contributed by atoms with van der Waals surface area (Å²) < 4.78 is 5.68. The van der Waals surface area contributed by atoms with Crippen LogP contribution in [0.2, 0.25) is 5.02 Å². The largest absolute Gasteiger partial charge is 0.392 e. The molecule has 0 bridgehead atoms. The summed E-state index contributed by atoms with van der Waals surface area (Å²) in [6.45, 7) is 6.51. The second-order valence-electron chi connectivity index (χ2n) is 4.96. The second kappa shape index (κ2) is 4.84. The minimum Gasteiger partial charge on any atom is -0.392 e. The van der Waals surface area contributed by atoms with E-state index in [0.717, 1.165) is 24.3 Å². The fraction of sp³-hybridized carbons (Fsp3) is 0.538. The van der Waals surface area contributed by atoms with Gasteiger partial charge in [0, 0.05) is 29.4 Å². The Morgan fingerprint density at radius 1 is 1.47 bits per heavy atom. The Morgan fingerprint density at radius 2 is 2.24 bits per heavy atom. The monoisotopic (exact) mass is 255 g/mol.